The molecule has 0 heterocycles. The van der Waals surface area contributed by atoms with Crippen molar-refractivity contribution in [1.82, 2.24) is 0 Å². The molecule has 0 aliphatic heterocycles. The summed E-state index contributed by atoms with van der Waals surface area (Å²) in [4.78, 5) is 0. The van der Waals surface area contributed by atoms with Crippen LogP contribution in [0.3, 0.4) is 0 Å². The second-order valence-corrected chi connectivity index (χ2v) is 0. The van der Waals surface area contributed by atoms with Crippen LogP contribution in [0.25, 0.3) is 0 Å². The molecule has 0 bridgehead atoms. The van der Waals surface area contributed by atoms with Gasteiger partial charge in [0.1, 0.15) is 0 Å². The molecule has 0 saturated carbocycles. The molecule has 0 aromatic rings. The Morgan fingerprint density at radius 2 is 0.375 bits per heavy atom. The van der Waals surface area contributed by atoms with E-state index >= 15 is 0 Å². The standard InChI is InChI=1S/3O2.2Rh/c3*1-2;;/q3*-2;2*+3. The second-order valence-electron chi connectivity index (χ2n) is 0. The van der Waals surface area contributed by atoms with E-state index in [0.29, 0.717) is 0 Å². The molecule has 0 saturated heterocycles. The minimum absolute atomic E-state index is 0. The van der Waals surface area contributed by atoms with E-state index in [2.05, 4.69) is 0 Å². The van der Waals surface area contributed by atoms with Gasteiger partial charge in [-0.25, -0.2) is 0 Å². The number of rotatable bonds is 0. The fourth-order valence-electron chi connectivity index (χ4n) is 0. The van der Waals surface area contributed by atoms with E-state index in [4.69, 9.17) is 31.5 Å². The quantitative estimate of drug-likeness (QED) is 0.247. The summed E-state index contributed by atoms with van der Waals surface area (Å²) in [6, 6.07) is 0. The van der Waals surface area contributed by atoms with Crippen LogP contribution in [0.1, 0.15) is 0 Å². The molecule has 54 valence electrons. The maximum absolute atomic E-state index is 7.00. The molecule has 0 atom stereocenters. The molecule has 0 unspecified atom stereocenters. The number of hydrogen-bond donors (Lipinski definition) is 0. The van der Waals surface area contributed by atoms with Crippen molar-refractivity contribution >= 4 is 0 Å². The Balaban J connectivity index is -0.00000000500. The zero-order valence-electron chi connectivity index (χ0n) is 3.12. The zero-order valence-corrected chi connectivity index (χ0v) is 6.39. The normalized spacial score (nSPS) is 2.25. The van der Waals surface area contributed by atoms with Gasteiger partial charge in [-0.1, -0.05) is 0 Å². The summed E-state index contributed by atoms with van der Waals surface area (Å²) >= 11 is 0. The molecule has 6 nitrogen and oxygen atoms in total. The smallest absolute Gasteiger partial charge is 1.00 e. The van der Waals surface area contributed by atoms with Crippen LogP contribution in [0.5, 0.6) is 0 Å². The molecule has 0 aromatic carbocycles. The van der Waals surface area contributed by atoms with Gasteiger partial charge in [-0.15, -0.1) is 0 Å². The van der Waals surface area contributed by atoms with Crippen LogP contribution in [0.2, 0.25) is 0 Å². The van der Waals surface area contributed by atoms with E-state index in [0.717, 1.165) is 0 Å². The van der Waals surface area contributed by atoms with Crippen molar-refractivity contribution in [1.29, 1.82) is 0 Å². The van der Waals surface area contributed by atoms with Gasteiger partial charge in [0.05, 0.1) is 0 Å². The Kier molecular flexibility index (Phi) is 1740. The molecule has 0 aromatic heterocycles. The topological polar surface area (TPSA) is 138 Å². The van der Waals surface area contributed by atoms with Gasteiger partial charge in [-0.05, 0) is 0 Å². The molecule has 0 radical (unpaired) electrons. The number of hydrogen-bond acceptors (Lipinski definition) is 6. The average Bonchev–Trinajstić information content (AvgIpc) is 1.81. The van der Waals surface area contributed by atoms with Crippen molar-refractivity contribution in [3.05, 3.63) is 0 Å². The Morgan fingerprint density at radius 1 is 0.375 bits per heavy atom. The Morgan fingerprint density at radius 3 is 0.375 bits per heavy atom. The third kappa shape index (κ3) is 249. The molecule has 0 rings (SSSR count). The summed E-state index contributed by atoms with van der Waals surface area (Å²) < 4.78 is 0. The van der Waals surface area contributed by atoms with Crippen molar-refractivity contribution < 1.29 is 70.5 Å². The van der Waals surface area contributed by atoms with E-state index in [1.54, 1.807) is 0 Å². The first-order valence-corrected chi connectivity index (χ1v) is 0.500. The van der Waals surface area contributed by atoms with Crippen molar-refractivity contribution in [3.8, 4) is 0 Å². The maximum atomic E-state index is 7.00. The average molecular weight is 302 g/mol. The van der Waals surface area contributed by atoms with Gasteiger partial charge in [0.2, 0.25) is 0 Å². The van der Waals surface area contributed by atoms with E-state index < -0.39 is 0 Å². The van der Waals surface area contributed by atoms with Crippen molar-refractivity contribution in [2.24, 2.45) is 0 Å². The first-order chi connectivity index (χ1) is 3.00. The van der Waals surface area contributed by atoms with E-state index in [1.165, 1.54) is 0 Å². The van der Waals surface area contributed by atoms with E-state index in [9.17, 15) is 0 Å². The fraction of sp³-hybridized carbons (Fsp3) is 0. The van der Waals surface area contributed by atoms with Crippen molar-refractivity contribution in [2.75, 3.05) is 0 Å². The van der Waals surface area contributed by atoms with Gasteiger partial charge in [-0.2, -0.15) is 0 Å². The van der Waals surface area contributed by atoms with Crippen molar-refractivity contribution in [2.45, 2.75) is 0 Å². The maximum Gasteiger partial charge on any atom is 3.00 e. The first kappa shape index (κ1) is 36.0. The first-order valence-electron chi connectivity index (χ1n) is 0.500. The summed E-state index contributed by atoms with van der Waals surface area (Å²) in [5, 5.41) is 42.0. The largest absolute Gasteiger partial charge is 3.00 e. The molecule has 0 aliphatic carbocycles. The molecular formula is O6Rh2. The van der Waals surface area contributed by atoms with Gasteiger partial charge in [0.15, 0.2) is 0 Å². The molecule has 8 heavy (non-hydrogen) atoms. The summed E-state index contributed by atoms with van der Waals surface area (Å²) in [5.41, 5.74) is 0. The van der Waals surface area contributed by atoms with Gasteiger partial charge in [-0.3, -0.25) is 0 Å². The summed E-state index contributed by atoms with van der Waals surface area (Å²) in [6.45, 7) is 0. The molecule has 0 N–H and O–H groups in total. The Hall–Kier alpha value is 1.01. The fourth-order valence-corrected chi connectivity index (χ4v) is 0. The molecule has 0 spiro atoms. The molecule has 0 amide bonds. The summed E-state index contributed by atoms with van der Waals surface area (Å²) in [7, 11) is 0. The van der Waals surface area contributed by atoms with Crippen LogP contribution in [0, 0.1) is 0 Å². The molecular weight excluding hydrogens is 302 g/mol. The van der Waals surface area contributed by atoms with Crippen LogP contribution in [-0.4, -0.2) is 0 Å². The monoisotopic (exact) mass is 302 g/mol. The van der Waals surface area contributed by atoms with Crippen LogP contribution < -0.4 is 31.5 Å². The predicted molar refractivity (Wildman–Crippen MR) is 0 cm³/mol. The predicted octanol–water partition coefficient (Wildman–Crippen LogP) is -7.14. The van der Waals surface area contributed by atoms with E-state index in [1.807, 2.05) is 0 Å². The van der Waals surface area contributed by atoms with Crippen LogP contribution in [0.15, 0.2) is 0 Å². The second kappa shape index (κ2) is 388. The van der Waals surface area contributed by atoms with Gasteiger partial charge in [0, 0.05) is 0 Å². The third-order valence-electron chi connectivity index (χ3n) is 0. The summed E-state index contributed by atoms with van der Waals surface area (Å²) in [5.74, 6) is 0. The third-order valence-corrected chi connectivity index (χ3v) is 0. The van der Waals surface area contributed by atoms with Crippen LogP contribution in [0.4, 0.5) is 0 Å². The molecule has 0 aliphatic rings. The van der Waals surface area contributed by atoms with Crippen LogP contribution in [-0.2, 0) is 39.0 Å². The van der Waals surface area contributed by atoms with E-state index in [-0.39, 0.29) is 39.0 Å². The van der Waals surface area contributed by atoms with Gasteiger partial charge >= 0.3 is 39.0 Å². The minimum Gasteiger partial charge on any atom is -1.00 e. The minimum atomic E-state index is 0. The zero-order chi connectivity index (χ0) is 6.00. The Labute approximate surface area is 70.7 Å². The molecule has 0 fully saturated rings. The Bertz CT molecular complexity index is 6.49. The summed E-state index contributed by atoms with van der Waals surface area (Å²) in [6.07, 6.45) is 0. The van der Waals surface area contributed by atoms with Gasteiger partial charge < -0.3 is 31.5 Å². The SMILES string of the molecule is [O-][O-].[O-][O-].[O-][O-].[Rh+3].[Rh+3]. The van der Waals surface area contributed by atoms with Crippen LogP contribution >= 0.6 is 0 Å². The van der Waals surface area contributed by atoms with Crippen molar-refractivity contribution in [3.63, 3.8) is 0 Å². The van der Waals surface area contributed by atoms with Gasteiger partial charge in [0.25, 0.3) is 0 Å². The molecule has 8 heteroatoms.